The number of hydrogen-bond donors (Lipinski definition) is 1. The second-order valence-electron chi connectivity index (χ2n) is 4.36. The molecule has 1 aromatic rings. The highest BCUT2D eigenvalue weighted by atomic mass is 19.4. The Bertz CT molecular complexity index is 384. The van der Waals surface area contributed by atoms with Crippen molar-refractivity contribution in [3.8, 4) is 5.75 Å². The van der Waals surface area contributed by atoms with E-state index < -0.39 is 6.36 Å². The predicted molar refractivity (Wildman–Crippen MR) is 55.7 cm³/mol. The quantitative estimate of drug-likeness (QED) is 0.888. The van der Waals surface area contributed by atoms with Gasteiger partial charge in [0.2, 0.25) is 0 Å². The lowest BCUT2D eigenvalue weighted by atomic mass is 10.1. The number of halogens is 3. The van der Waals surface area contributed by atoms with Crippen LogP contribution in [0.3, 0.4) is 0 Å². The van der Waals surface area contributed by atoms with Crippen molar-refractivity contribution >= 4 is 0 Å². The third-order valence-electron chi connectivity index (χ3n) is 3.00. The maximum atomic E-state index is 11.9. The first-order valence-electron chi connectivity index (χ1n) is 5.40. The monoisotopic (exact) mass is 246 g/mol. The van der Waals surface area contributed by atoms with Gasteiger partial charge in [0.1, 0.15) is 5.75 Å². The summed E-state index contributed by atoms with van der Waals surface area (Å²) in [6.45, 7) is 1.73. The lowest BCUT2D eigenvalue weighted by Gasteiger charge is -2.09. The molecule has 5 heteroatoms. The van der Waals surface area contributed by atoms with Crippen LogP contribution in [0.25, 0.3) is 0 Å². The van der Waals surface area contributed by atoms with E-state index in [9.17, 15) is 18.3 Å². The Balaban J connectivity index is 2.00. The molecule has 2 nitrogen and oxygen atoms in total. The summed E-state index contributed by atoms with van der Waals surface area (Å²) in [4.78, 5) is 0. The van der Waals surface area contributed by atoms with Gasteiger partial charge in [-0.05, 0) is 42.9 Å². The van der Waals surface area contributed by atoms with Crippen molar-refractivity contribution in [2.75, 3.05) is 0 Å². The van der Waals surface area contributed by atoms with Gasteiger partial charge in [0.15, 0.2) is 0 Å². The molecule has 1 N–H and O–H groups in total. The van der Waals surface area contributed by atoms with Crippen molar-refractivity contribution in [2.24, 2.45) is 5.92 Å². The summed E-state index contributed by atoms with van der Waals surface area (Å²) in [5.74, 6) is 0.273. The van der Waals surface area contributed by atoms with E-state index in [4.69, 9.17) is 0 Å². The normalized spacial score (nSPS) is 25.5. The van der Waals surface area contributed by atoms with E-state index in [1.165, 1.54) is 12.1 Å². The van der Waals surface area contributed by atoms with Gasteiger partial charge in [-0.2, -0.15) is 0 Å². The fourth-order valence-electron chi connectivity index (χ4n) is 2.05. The van der Waals surface area contributed by atoms with E-state index in [0.29, 0.717) is 0 Å². The van der Waals surface area contributed by atoms with Gasteiger partial charge >= 0.3 is 6.36 Å². The molecule has 0 aromatic heterocycles. The fourth-order valence-corrected chi connectivity index (χ4v) is 2.05. The number of alkyl halides is 3. The largest absolute Gasteiger partial charge is 0.573 e. The number of rotatable bonds is 3. The average Bonchev–Trinajstić information content (AvgIpc) is 2.96. The van der Waals surface area contributed by atoms with E-state index >= 15 is 0 Å². The van der Waals surface area contributed by atoms with Crippen LogP contribution < -0.4 is 4.74 Å². The molecule has 3 atom stereocenters. The Kier molecular flexibility index (Phi) is 3.03. The van der Waals surface area contributed by atoms with E-state index in [-0.39, 0.29) is 23.7 Å². The van der Waals surface area contributed by atoms with Crippen molar-refractivity contribution in [1.82, 2.24) is 0 Å². The number of benzene rings is 1. The van der Waals surface area contributed by atoms with Crippen LogP contribution in [0.1, 0.15) is 24.8 Å². The lowest BCUT2D eigenvalue weighted by molar-refractivity contribution is -0.274. The highest BCUT2D eigenvalue weighted by Gasteiger charge is 2.41. The van der Waals surface area contributed by atoms with Crippen LogP contribution in [-0.4, -0.2) is 17.6 Å². The van der Waals surface area contributed by atoms with Gasteiger partial charge in [-0.1, -0.05) is 12.1 Å². The van der Waals surface area contributed by atoms with E-state index in [1.54, 1.807) is 19.1 Å². The summed E-state index contributed by atoms with van der Waals surface area (Å²) in [5.41, 5.74) is 0.949. The van der Waals surface area contributed by atoms with E-state index in [0.717, 1.165) is 12.0 Å². The molecule has 0 amide bonds. The van der Waals surface area contributed by atoms with Crippen LogP contribution in [0.15, 0.2) is 24.3 Å². The topological polar surface area (TPSA) is 29.5 Å². The molecule has 1 aliphatic rings. The minimum atomic E-state index is -4.65. The standard InChI is InChI=1S/C12H13F3O2/c1-7(16)10-6-11(10)8-2-4-9(5-3-8)17-12(13,14)15/h2-5,7,10-11,16H,6H2,1H3/t7-,10+,11+/m0/s1. The zero-order valence-electron chi connectivity index (χ0n) is 9.24. The van der Waals surface area contributed by atoms with Crippen molar-refractivity contribution in [2.45, 2.75) is 31.7 Å². The van der Waals surface area contributed by atoms with Gasteiger partial charge in [-0.3, -0.25) is 0 Å². The first-order chi connectivity index (χ1) is 7.87. The molecule has 17 heavy (non-hydrogen) atoms. The van der Waals surface area contributed by atoms with Gasteiger partial charge in [0, 0.05) is 0 Å². The molecule has 0 saturated heterocycles. The minimum absolute atomic E-state index is 0.213. The SMILES string of the molecule is C[C@H](O)[C@H]1C[C@@H]1c1ccc(OC(F)(F)F)cc1. The zero-order valence-corrected chi connectivity index (χ0v) is 9.24. The van der Waals surface area contributed by atoms with Crippen molar-refractivity contribution in [3.63, 3.8) is 0 Å². The van der Waals surface area contributed by atoms with E-state index in [1.807, 2.05) is 0 Å². The van der Waals surface area contributed by atoms with Gasteiger partial charge in [0.25, 0.3) is 0 Å². The highest BCUT2D eigenvalue weighted by Crippen LogP contribution is 2.49. The molecule has 0 aliphatic heterocycles. The average molecular weight is 246 g/mol. The third-order valence-corrected chi connectivity index (χ3v) is 3.00. The molecule has 0 spiro atoms. The van der Waals surface area contributed by atoms with Crippen LogP contribution in [0.4, 0.5) is 13.2 Å². The molecule has 1 saturated carbocycles. The molecule has 1 aliphatic carbocycles. The van der Waals surface area contributed by atoms with Crippen LogP contribution in [0.2, 0.25) is 0 Å². The van der Waals surface area contributed by atoms with E-state index in [2.05, 4.69) is 4.74 Å². The van der Waals surface area contributed by atoms with Gasteiger partial charge in [-0.25, -0.2) is 0 Å². The molecule has 0 radical (unpaired) electrons. The number of aliphatic hydroxyl groups is 1. The smallest absolute Gasteiger partial charge is 0.406 e. The highest BCUT2D eigenvalue weighted by molar-refractivity contribution is 5.33. The van der Waals surface area contributed by atoms with Crippen molar-refractivity contribution < 1.29 is 23.0 Å². The van der Waals surface area contributed by atoms with Crippen molar-refractivity contribution in [3.05, 3.63) is 29.8 Å². The number of hydrogen-bond acceptors (Lipinski definition) is 2. The molecule has 0 unspecified atom stereocenters. The first kappa shape index (κ1) is 12.2. The maximum absolute atomic E-state index is 11.9. The summed E-state index contributed by atoms with van der Waals surface area (Å²) < 4.78 is 39.6. The summed E-state index contributed by atoms with van der Waals surface area (Å²) in [6.07, 6.45) is -4.13. The molecule has 1 fully saturated rings. The van der Waals surface area contributed by atoms with Gasteiger partial charge in [0.05, 0.1) is 6.10 Å². The molecule has 94 valence electrons. The first-order valence-corrected chi connectivity index (χ1v) is 5.40. The number of ether oxygens (including phenoxy) is 1. The molecular formula is C12H13F3O2. The van der Waals surface area contributed by atoms with Crippen molar-refractivity contribution in [1.29, 1.82) is 0 Å². The molecule has 0 bridgehead atoms. The van der Waals surface area contributed by atoms with Crippen LogP contribution in [0.5, 0.6) is 5.75 Å². The minimum Gasteiger partial charge on any atom is -0.406 e. The predicted octanol–water partition coefficient (Wildman–Crippen LogP) is 3.07. The maximum Gasteiger partial charge on any atom is 0.573 e. The Morgan fingerprint density at radius 3 is 2.29 bits per heavy atom. The lowest BCUT2D eigenvalue weighted by Crippen LogP contribution is -2.17. The van der Waals surface area contributed by atoms with Crippen LogP contribution >= 0.6 is 0 Å². The summed E-state index contributed by atoms with van der Waals surface area (Å²) in [7, 11) is 0. The second kappa shape index (κ2) is 4.22. The Morgan fingerprint density at radius 1 is 1.29 bits per heavy atom. The van der Waals surface area contributed by atoms with Gasteiger partial charge < -0.3 is 9.84 Å². The Hall–Kier alpha value is -1.23. The Labute approximate surface area is 97.0 Å². The number of aliphatic hydroxyl groups excluding tert-OH is 1. The second-order valence-corrected chi connectivity index (χ2v) is 4.36. The van der Waals surface area contributed by atoms with Crippen LogP contribution in [-0.2, 0) is 0 Å². The fraction of sp³-hybridized carbons (Fsp3) is 0.500. The summed E-state index contributed by atoms with van der Waals surface area (Å²) >= 11 is 0. The van der Waals surface area contributed by atoms with Gasteiger partial charge in [-0.15, -0.1) is 13.2 Å². The Morgan fingerprint density at radius 2 is 1.88 bits per heavy atom. The molecule has 1 aromatic carbocycles. The third kappa shape index (κ3) is 3.12. The summed E-state index contributed by atoms with van der Waals surface area (Å²) in [5, 5.41) is 9.36. The summed E-state index contributed by atoms with van der Waals surface area (Å²) in [6, 6.07) is 5.85. The van der Waals surface area contributed by atoms with Crippen LogP contribution in [0, 0.1) is 5.92 Å². The zero-order chi connectivity index (χ0) is 12.6. The molecular weight excluding hydrogens is 233 g/mol. The molecule has 0 heterocycles. The molecule has 2 rings (SSSR count).